The van der Waals surface area contributed by atoms with Crippen LogP contribution in [0.25, 0.3) is 22.3 Å². The first-order chi connectivity index (χ1) is 12.3. The van der Waals surface area contributed by atoms with E-state index < -0.39 is 7.37 Å². The number of rotatable bonds is 1. The summed E-state index contributed by atoms with van der Waals surface area (Å²) >= 11 is 0. The summed E-state index contributed by atoms with van der Waals surface area (Å²) in [6, 6.07) is 9.52. The van der Waals surface area contributed by atoms with Crippen LogP contribution in [0.2, 0.25) is 0 Å². The quantitative estimate of drug-likeness (QED) is 0.646. The van der Waals surface area contributed by atoms with Crippen molar-refractivity contribution in [1.29, 1.82) is 0 Å². The molecule has 0 amide bonds. The Morgan fingerprint density at radius 2 is 1.92 bits per heavy atom. The van der Waals surface area contributed by atoms with E-state index >= 15 is 0 Å². The van der Waals surface area contributed by atoms with Crippen molar-refractivity contribution >= 4 is 18.3 Å². The van der Waals surface area contributed by atoms with Crippen LogP contribution in [0.3, 0.4) is 0 Å². The van der Waals surface area contributed by atoms with Gasteiger partial charge in [0.2, 0.25) is 7.37 Å². The molecule has 26 heavy (non-hydrogen) atoms. The van der Waals surface area contributed by atoms with Gasteiger partial charge in [-0.1, -0.05) is 0 Å². The lowest BCUT2D eigenvalue weighted by atomic mass is 10.1. The molecule has 0 fully saturated rings. The minimum atomic E-state index is -2.79. The highest BCUT2D eigenvalue weighted by Gasteiger charge is 2.25. The van der Waals surface area contributed by atoms with Gasteiger partial charge in [-0.2, -0.15) is 0 Å². The molecule has 1 aliphatic rings. The summed E-state index contributed by atoms with van der Waals surface area (Å²) in [6.07, 6.45) is 0.334. The zero-order valence-electron chi connectivity index (χ0n) is 14.3. The molecule has 6 nitrogen and oxygen atoms in total. The van der Waals surface area contributed by atoms with Crippen LogP contribution in [0.5, 0.6) is 17.2 Å². The number of ether oxygens (including phenoxy) is 1. The van der Waals surface area contributed by atoms with Crippen molar-refractivity contribution in [2.24, 2.45) is 0 Å². The molecule has 3 aromatic rings. The Balaban J connectivity index is 1.91. The molecule has 4 rings (SSSR count). The molecular formula is C19H17O6P. The summed E-state index contributed by atoms with van der Waals surface area (Å²) in [6.45, 7) is 3.58. The van der Waals surface area contributed by atoms with Gasteiger partial charge in [0.15, 0.2) is 16.9 Å². The average molecular weight is 372 g/mol. The number of fused-ring (bicyclic) bond motifs is 2. The van der Waals surface area contributed by atoms with E-state index in [2.05, 4.69) is 0 Å². The minimum absolute atomic E-state index is 0.0148. The zero-order chi connectivity index (χ0) is 18.5. The van der Waals surface area contributed by atoms with E-state index in [4.69, 9.17) is 13.7 Å². The zero-order valence-corrected chi connectivity index (χ0v) is 15.2. The molecule has 1 unspecified atom stereocenters. The Labute approximate surface area is 149 Å². The van der Waals surface area contributed by atoms with Crippen molar-refractivity contribution in [3.63, 3.8) is 0 Å². The summed E-state index contributed by atoms with van der Waals surface area (Å²) in [7, 11) is -2.79. The molecule has 0 saturated heterocycles. The molecule has 1 aromatic heterocycles. The fraction of sp³-hybridized carbons (Fsp3) is 0.211. The van der Waals surface area contributed by atoms with E-state index in [1.54, 1.807) is 31.8 Å². The van der Waals surface area contributed by atoms with Crippen molar-refractivity contribution in [3.05, 3.63) is 52.2 Å². The van der Waals surface area contributed by atoms with Gasteiger partial charge < -0.3 is 18.8 Å². The van der Waals surface area contributed by atoms with Gasteiger partial charge in [0, 0.05) is 23.9 Å². The van der Waals surface area contributed by atoms with Crippen molar-refractivity contribution in [3.8, 4) is 28.6 Å². The number of hydrogen-bond donors (Lipinski definition) is 1. The number of phenolic OH excluding ortho intramolecular Hbond substituents is 1. The molecule has 1 N–H and O–H groups in total. The van der Waals surface area contributed by atoms with Crippen LogP contribution in [0.15, 0.2) is 45.6 Å². The largest absolute Gasteiger partial charge is 0.508 e. The van der Waals surface area contributed by atoms with Gasteiger partial charge in [0.05, 0.1) is 18.2 Å². The summed E-state index contributed by atoms with van der Waals surface area (Å²) < 4.78 is 29.5. The normalized spacial score (nSPS) is 19.3. The first-order valence-corrected chi connectivity index (χ1v) is 10.4. The molecule has 0 saturated carbocycles. The molecule has 0 aliphatic carbocycles. The van der Waals surface area contributed by atoms with Gasteiger partial charge >= 0.3 is 0 Å². The van der Waals surface area contributed by atoms with E-state index in [9.17, 15) is 14.5 Å². The van der Waals surface area contributed by atoms with Gasteiger partial charge in [0.1, 0.15) is 17.1 Å². The smallest absolute Gasteiger partial charge is 0.248 e. The molecule has 1 atom stereocenters. The summed E-state index contributed by atoms with van der Waals surface area (Å²) in [5.41, 5.74) is 1.17. The third kappa shape index (κ3) is 2.86. The molecule has 2 heterocycles. The van der Waals surface area contributed by atoms with Crippen LogP contribution in [0.1, 0.15) is 5.56 Å². The van der Waals surface area contributed by atoms with E-state index in [1.165, 1.54) is 18.2 Å². The van der Waals surface area contributed by atoms with E-state index in [-0.39, 0.29) is 11.2 Å². The first-order valence-electron chi connectivity index (χ1n) is 8.14. The highest BCUT2D eigenvalue weighted by molar-refractivity contribution is 7.58. The predicted octanol–water partition coefficient (Wildman–Crippen LogP) is 4.15. The second kappa shape index (κ2) is 5.92. The molecule has 1 aliphatic heterocycles. The lowest BCUT2D eigenvalue weighted by Crippen LogP contribution is -2.07. The van der Waals surface area contributed by atoms with Crippen LogP contribution in [-0.2, 0) is 4.57 Å². The first kappa shape index (κ1) is 16.7. The maximum absolute atomic E-state index is 12.6. The lowest BCUT2D eigenvalue weighted by Gasteiger charge is -2.13. The number of phenols is 1. The second-order valence-corrected chi connectivity index (χ2v) is 9.06. The lowest BCUT2D eigenvalue weighted by molar-refractivity contribution is 0.342. The fourth-order valence-electron chi connectivity index (χ4n) is 2.97. The third-order valence-corrected chi connectivity index (χ3v) is 5.93. The van der Waals surface area contributed by atoms with Crippen molar-refractivity contribution < 1.29 is 23.3 Å². The highest BCUT2D eigenvalue weighted by atomic mass is 31.2. The van der Waals surface area contributed by atoms with Crippen molar-refractivity contribution in [1.82, 2.24) is 0 Å². The van der Waals surface area contributed by atoms with Crippen molar-refractivity contribution in [2.75, 3.05) is 19.4 Å². The maximum atomic E-state index is 12.6. The maximum Gasteiger partial charge on any atom is 0.248 e. The van der Waals surface area contributed by atoms with Gasteiger partial charge in [-0.25, -0.2) is 0 Å². The molecule has 0 spiro atoms. The summed E-state index contributed by atoms with van der Waals surface area (Å²) in [4.78, 5) is 12.6. The minimum Gasteiger partial charge on any atom is -0.508 e. The van der Waals surface area contributed by atoms with Crippen LogP contribution < -0.4 is 14.7 Å². The van der Waals surface area contributed by atoms with Crippen LogP contribution in [-0.4, -0.2) is 24.5 Å². The topological polar surface area (TPSA) is 86.0 Å². The molecule has 7 heteroatoms. The molecule has 134 valence electrons. The molecule has 2 aromatic carbocycles. The van der Waals surface area contributed by atoms with Crippen LogP contribution in [0, 0.1) is 6.92 Å². The van der Waals surface area contributed by atoms with E-state index in [0.717, 1.165) is 0 Å². The Bertz CT molecular complexity index is 1130. The molecule has 0 bridgehead atoms. The van der Waals surface area contributed by atoms with Gasteiger partial charge in [-0.15, -0.1) is 0 Å². The van der Waals surface area contributed by atoms with Gasteiger partial charge in [-0.05, 0) is 37.3 Å². The Morgan fingerprint density at radius 1 is 1.12 bits per heavy atom. The second-order valence-electron chi connectivity index (χ2n) is 6.40. The number of benzene rings is 2. The Morgan fingerprint density at radius 3 is 2.73 bits per heavy atom. The van der Waals surface area contributed by atoms with Gasteiger partial charge in [0.25, 0.3) is 0 Å². The average Bonchev–Trinajstić information content (AvgIpc) is 2.74. The summed E-state index contributed by atoms with van der Waals surface area (Å²) in [5.74, 6) is 1.26. The summed E-state index contributed by atoms with van der Waals surface area (Å²) in [5, 5.41) is 10.1. The number of hydrogen-bond acceptors (Lipinski definition) is 6. The third-order valence-electron chi connectivity index (χ3n) is 4.36. The van der Waals surface area contributed by atoms with Crippen LogP contribution >= 0.6 is 7.37 Å². The highest BCUT2D eigenvalue weighted by Crippen LogP contribution is 2.49. The fourth-order valence-corrected chi connectivity index (χ4v) is 4.04. The standard InChI is InChI=1S/C19H17O6P/c1-11-18(21)14-5-4-13(20)10-16(14)24-19(11)12-3-6-15-17(9-12)25-26(2,22)8-7-23-15/h3-6,9-10,20H,7-8H2,1-2H3. The van der Waals surface area contributed by atoms with Crippen molar-refractivity contribution in [2.45, 2.75) is 6.92 Å². The van der Waals surface area contributed by atoms with Crippen LogP contribution in [0.4, 0.5) is 0 Å². The van der Waals surface area contributed by atoms with Gasteiger partial charge in [-0.3, -0.25) is 9.36 Å². The Kier molecular flexibility index (Phi) is 3.81. The predicted molar refractivity (Wildman–Crippen MR) is 98.8 cm³/mol. The SMILES string of the molecule is Cc1c(-c2ccc3c(c2)OP(C)(=O)CCO3)oc2cc(O)ccc2c1=O. The number of aromatic hydroxyl groups is 1. The Hall–Kier alpha value is -2.72. The molecular weight excluding hydrogens is 355 g/mol. The van der Waals surface area contributed by atoms with E-state index in [0.29, 0.717) is 52.1 Å². The van der Waals surface area contributed by atoms with E-state index in [1.807, 2.05) is 0 Å². The molecule has 0 radical (unpaired) electrons. The monoisotopic (exact) mass is 372 g/mol.